The van der Waals surface area contributed by atoms with Crippen molar-refractivity contribution in [2.75, 3.05) is 10.0 Å². The summed E-state index contributed by atoms with van der Waals surface area (Å²) in [6.07, 6.45) is 0. The van der Waals surface area contributed by atoms with Gasteiger partial charge in [-0.05, 0) is 48.5 Å². The van der Waals surface area contributed by atoms with Gasteiger partial charge in [-0.1, -0.05) is 12.1 Å². The van der Waals surface area contributed by atoms with Gasteiger partial charge in [-0.2, -0.15) is 0 Å². The van der Waals surface area contributed by atoms with E-state index >= 15 is 0 Å². The Labute approximate surface area is 186 Å². The van der Waals surface area contributed by atoms with Crippen LogP contribution in [0.25, 0.3) is 22.1 Å². The van der Waals surface area contributed by atoms with E-state index in [2.05, 4.69) is 25.0 Å². The molecule has 0 aliphatic carbocycles. The molecule has 5 aromatic rings. The number of sulfonamides is 1. The quantitative estimate of drug-likeness (QED) is 0.314. The summed E-state index contributed by atoms with van der Waals surface area (Å²) in [6, 6.07) is 15.5. The Hall–Kier alpha value is -4.38. The number of hydrogen-bond donors (Lipinski definition) is 4. The van der Waals surface area contributed by atoms with Crippen molar-refractivity contribution in [3.8, 4) is 0 Å². The van der Waals surface area contributed by atoms with Crippen LogP contribution in [0.15, 0.2) is 74.8 Å². The molecule has 0 radical (unpaired) electrons. The van der Waals surface area contributed by atoms with E-state index in [1.165, 1.54) is 30.3 Å². The van der Waals surface area contributed by atoms with Crippen LogP contribution in [0.2, 0.25) is 0 Å². The minimum atomic E-state index is -4.04. The average molecular weight is 463 g/mol. The summed E-state index contributed by atoms with van der Waals surface area (Å²) >= 11 is 0. The maximum atomic E-state index is 13.0. The highest BCUT2D eigenvalue weighted by Crippen LogP contribution is 2.24. The molecule has 1 amide bonds. The molecule has 33 heavy (non-hydrogen) atoms. The normalized spacial score (nSPS) is 11.7. The largest absolute Gasteiger partial charge is 0.441 e. The first-order chi connectivity index (χ1) is 15.8. The van der Waals surface area contributed by atoms with Gasteiger partial charge >= 0.3 is 5.69 Å². The van der Waals surface area contributed by atoms with Gasteiger partial charge in [0.15, 0.2) is 11.5 Å². The van der Waals surface area contributed by atoms with Crippen molar-refractivity contribution in [1.29, 1.82) is 0 Å². The van der Waals surface area contributed by atoms with E-state index in [-0.39, 0.29) is 16.1 Å². The molecule has 0 unspecified atom stereocenters. The topological polar surface area (TPSA) is 150 Å². The molecule has 0 aliphatic rings. The average Bonchev–Trinajstić information content (AvgIpc) is 3.33. The maximum Gasteiger partial charge on any atom is 0.323 e. The first kappa shape index (κ1) is 20.5. The lowest BCUT2D eigenvalue weighted by molar-refractivity contribution is 0.102. The van der Waals surface area contributed by atoms with Crippen molar-refractivity contribution in [1.82, 2.24) is 15.0 Å². The van der Waals surface area contributed by atoms with Crippen LogP contribution in [-0.4, -0.2) is 29.3 Å². The number of hydrogen-bond acceptors (Lipinski definition) is 6. The molecule has 0 saturated carbocycles. The van der Waals surface area contributed by atoms with Crippen LogP contribution in [-0.2, 0) is 10.0 Å². The molecule has 2 aromatic heterocycles. The number of anilines is 2. The first-order valence-electron chi connectivity index (χ1n) is 9.81. The maximum absolute atomic E-state index is 13.0. The van der Waals surface area contributed by atoms with Crippen molar-refractivity contribution < 1.29 is 17.6 Å². The number of oxazole rings is 1. The molecule has 0 saturated heterocycles. The van der Waals surface area contributed by atoms with Crippen LogP contribution >= 0.6 is 0 Å². The van der Waals surface area contributed by atoms with Crippen molar-refractivity contribution in [2.24, 2.45) is 0 Å². The van der Waals surface area contributed by atoms with Crippen LogP contribution in [0, 0.1) is 6.92 Å². The second-order valence-electron chi connectivity index (χ2n) is 7.31. The number of imidazole rings is 1. The number of aryl methyl sites for hydroxylation is 1. The fourth-order valence-corrected chi connectivity index (χ4v) is 4.58. The Bertz CT molecular complexity index is 1700. The molecule has 11 heteroatoms. The zero-order chi connectivity index (χ0) is 23.2. The summed E-state index contributed by atoms with van der Waals surface area (Å²) in [4.78, 5) is 33.7. The molecular weight excluding hydrogens is 446 g/mol. The van der Waals surface area contributed by atoms with Gasteiger partial charge < -0.3 is 19.7 Å². The molecule has 3 aromatic carbocycles. The Balaban J connectivity index is 1.43. The van der Waals surface area contributed by atoms with Gasteiger partial charge in [0.1, 0.15) is 5.52 Å². The molecule has 0 bridgehead atoms. The summed E-state index contributed by atoms with van der Waals surface area (Å²) in [7, 11) is -4.04. The Kier molecular flexibility index (Phi) is 4.75. The molecule has 0 spiro atoms. The summed E-state index contributed by atoms with van der Waals surface area (Å²) in [5, 5.41) is 2.75. The van der Waals surface area contributed by atoms with Crippen molar-refractivity contribution in [3.63, 3.8) is 0 Å². The fraction of sp³-hybridized carbons (Fsp3) is 0.0455. The number of H-pyrrole nitrogens is 2. The van der Waals surface area contributed by atoms with E-state index in [9.17, 15) is 18.0 Å². The Morgan fingerprint density at radius 2 is 1.79 bits per heavy atom. The monoisotopic (exact) mass is 463 g/mol. The van der Waals surface area contributed by atoms with E-state index in [0.717, 1.165) is 0 Å². The summed E-state index contributed by atoms with van der Waals surface area (Å²) < 4.78 is 33.8. The van der Waals surface area contributed by atoms with Crippen LogP contribution in [0.4, 0.5) is 11.4 Å². The fourth-order valence-electron chi connectivity index (χ4n) is 3.47. The van der Waals surface area contributed by atoms with E-state index in [4.69, 9.17) is 4.42 Å². The molecular formula is C22H17N5O5S. The Morgan fingerprint density at radius 1 is 1.00 bits per heavy atom. The number of para-hydroxylation sites is 1. The molecule has 0 aliphatic heterocycles. The van der Waals surface area contributed by atoms with Crippen LogP contribution in [0.3, 0.4) is 0 Å². The zero-order valence-electron chi connectivity index (χ0n) is 17.2. The van der Waals surface area contributed by atoms with Crippen molar-refractivity contribution in [2.45, 2.75) is 11.8 Å². The minimum Gasteiger partial charge on any atom is -0.441 e. The molecule has 166 valence electrons. The summed E-state index contributed by atoms with van der Waals surface area (Å²) in [5.41, 5.74) is 2.32. The van der Waals surface area contributed by atoms with Gasteiger partial charge in [0, 0.05) is 12.6 Å². The smallest absolute Gasteiger partial charge is 0.323 e. The van der Waals surface area contributed by atoms with Crippen LogP contribution in [0.5, 0.6) is 0 Å². The van der Waals surface area contributed by atoms with Crippen LogP contribution < -0.4 is 15.7 Å². The predicted octanol–water partition coefficient (Wildman–Crippen LogP) is 3.36. The lowest BCUT2D eigenvalue weighted by Gasteiger charge is -2.13. The molecule has 4 N–H and O–H groups in total. The van der Waals surface area contributed by atoms with E-state index < -0.39 is 21.6 Å². The molecule has 2 heterocycles. The van der Waals surface area contributed by atoms with Crippen molar-refractivity contribution >= 4 is 49.4 Å². The number of aromatic amines is 2. The van der Waals surface area contributed by atoms with E-state index in [1.54, 1.807) is 37.3 Å². The van der Waals surface area contributed by atoms with Gasteiger partial charge in [-0.3, -0.25) is 9.52 Å². The Morgan fingerprint density at radius 3 is 2.64 bits per heavy atom. The summed E-state index contributed by atoms with van der Waals surface area (Å²) in [5.74, 6) is 0.00779. The second-order valence-corrected chi connectivity index (χ2v) is 8.99. The number of carbonyl (C=O) groups is 1. The lowest BCUT2D eigenvalue weighted by Crippen LogP contribution is -2.18. The third-order valence-corrected chi connectivity index (χ3v) is 6.33. The zero-order valence-corrected chi connectivity index (χ0v) is 18.0. The number of rotatable bonds is 5. The van der Waals surface area contributed by atoms with Gasteiger partial charge in [0.05, 0.1) is 27.2 Å². The molecule has 10 nitrogen and oxygen atoms in total. The van der Waals surface area contributed by atoms with Crippen molar-refractivity contribution in [3.05, 3.63) is 82.6 Å². The standard InChI is InChI=1S/C22H17N5O5S/c1-12-23-19-10-13(6-9-20(19)32-12)24-21(28)15-4-2-3-5-16(15)27-33(30,31)14-7-8-17-18(11-14)26-22(29)25-17/h2-11,27H,1H3,(H,24,28)(H2,25,26,29). The first-order valence-corrected chi connectivity index (χ1v) is 11.3. The number of fused-ring (bicyclic) bond motifs is 2. The second kappa shape index (κ2) is 7.64. The van der Waals surface area contributed by atoms with Crippen LogP contribution in [0.1, 0.15) is 16.2 Å². The third kappa shape index (κ3) is 3.96. The molecule has 5 rings (SSSR count). The SMILES string of the molecule is Cc1nc2cc(NC(=O)c3ccccc3NS(=O)(=O)c3ccc4[nH]c(=O)[nH]c4c3)ccc2o1. The van der Waals surface area contributed by atoms with Gasteiger partial charge in [0.25, 0.3) is 15.9 Å². The summed E-state index contributed by atoms with van der Waals surface area (Å²) in [6.45, 7) is 1.73. The number of nitrogens with one attached hydrogen (secondary N) is 4. The highest BCUT2D eigenvalue weighted by molar-refractivity contribution is 7.92. The third-order valence-electron chi connectivity index (χ3n) is 4.97. The van der Waals surface area contributed by atoms with E-state index in [0.29, 0.717) is 33.7 Å². The molecule has 0 fully saturated rings. The number of amides is 1. The number of aromatic nitrogens is 3. The molecule has 0 atom stereocenters. The predicted molar refractivity (Wildman–Crippen MR) is 123 cm³/mol. The number of benzene rings is 3. The van der Waals surface area contributed by atoms with E-state index in [1.807, 2.05) is 0 Å². The van der Waals surface area contributed by atoms with Gasteiger partial charge in [-0.15, -0.1) is 0 Å². The number of nitrogens with zero attached hydrogens (tertiary/aromatic N) is 1. The number of carbonyl (C=O) groups excluding carboxylic acids is 1. The van der Waals surface area contributed by atoms with Gasteiger partial charge in [0.2, 0.25) is 0 Å². The lowest BCUT2D eigenvalue weighted by atomic mass is 10.1. The highest BCUT2D eigenvalue weighted by atomic mass is 32.2. The highest BCUT2D eigenvalue weighted by Gasteiger charge is 2.20. The van der Waals surface area contributed by atoms with Gasteiger partial charge in [-0.25, -0.2) is 18.2 Å². The minimum absolute atomic E-state index is 0.0627.